The summed E-state index contributed by atoms with van der Waals surface area (Å²) >= 11 is 5.92. The number of ether oxygens (including phenoxy) is 1. The minimum absolute atomic E-state index is 0.0245. The van der Waals surface area contributed by atoms with Gasteiger partial charge in [0.1, 0.15) is 11.9 Å². The molecule has 1 N–H and O–H groups in total. The highest BCUT2D eigenvalue weighted by Crippen LogP contribution is 2.16. The molecule has 7 heteroatoms. The van der Waals surface area contributed by atoms with E-state index in [0.29, 0.717) is 18.2 Å². The lowest BCUT2D eigenvalue weighted by Gasteiger charge is -2.29. The monoisotopic (exact) mass is 432 g/mol. The molecule has 0 bridgehead atoms. The highest BCUT2D eigenvalue weighted by Gasteiger charge is 2.27. The zero-order valence-corrected chi connectivity index (χ0v) is 17.7. The van der Waals surface area contributed by atoms with Gasteiger partial charge in [-0.15, -0.1) is 0 Å². The molecule has 2 amide bonds. The van der Waals surface area contributed by atoms with Gasteiger partial charge in [0.25, 0.3) is 0 Å². The molecular weight excluding hydrogens is 407 g/mol. The Morgan fingerprint density at radius 3 is 2.47 bits per heavy atom. The molecular formula is C23H26ClFN2O3. The van der Waals surface area contributed by atoms with Gasteiger partial charge in [-0.1, -0.05) is 35.9 Å². The molecule has 30 heavy (non-hydrogen) atoms. The van der Waals surface area contributed by atoms with Gasteiger partial charge in [-0.3, -0.25) is 9.59 Å². The SMILES string of the molecule is C[C@@H](C(=O)NC[C@H]1CCCO1)N(Cc1ccc(F)cc1)C(=O)Cc1ccc(Cl)cc1. The second kappa shape index (κ2) is 10.5. The van der Waals surface area contributed by atoms with Gasteiger partial charge < -0.3 is 15.0 Å². The van der Waals surface area contributed by atoms with Crippen molar-refractivity contribution < 1.29 is 18.7 Å². The van der Waals surface area contributed by atoms with Crippen molar-refractivity contribution in [2.45, 2.75) is 44.9 Å². The molecule has 1 aliphatic heterocycles. The van der Waals surface area contributed by atoms with E-state index in [1.807, 2.05) is 0 Å². The van der Waals surface area contributed by atoms with E-state index < -0.39 is 6.04 Å². The number of hydrogen-bond acceptors (Lipinski definition) is 3. The first-order valence-corrected chi connectivity index (χ1v) is 10.5. The smallest absolute Gasteiger partial charge is 0.242 e. The molecule has 2 aromatic rings. The Labute approximate surface area is 181 Å². The molecule has 1 fully saturated rings. The summed E-state index contributed by atoms with van der Waals surface area (Å²) in [5, 5.41) is 3.48. The van der Waals surface area contributed by atoms with Gasteiger partial charge in [0.05, 0.1) is 12.5 Å². The lowest BCUT2D eigenvalue weighted by atomic mass is 10.1. The van der Waals surface area contributed by atoms with Gasteiger partial charge in [0, 0.05) is 24.7 Å². The first kappa shape index (κ1) is 22.2. The van der Waals surface area contributed by atoms with Gasteiger partial charge >= 0.3 is 0 Å². The number of nitrogens with zero attached hydrogens (tertiary/aromatic N) is 1. The van der Waals surface area contributed by atoms with Crippen molar-refractivity contribution >= 4 is 23.4 Å². The van der Waals surface area contributed by atoms with Gasteiger partial charge in [-0.05, 0) is 55.2 Å². The lowest BCUT2D eigenvalue weighted by Crippen LogP contribution is -2.49. The molecule has 5 nitrogen and oxygen atoms in total. The summed E-state index contributed by atoms with van der Waals surface area (Å²) in [6, 6.07) is 12.3. The van der Waals surface area contributed by atoms with E-state index in [-0.39, 0.29) is 36.7 Å². The van der Waals surface area contributed by atoms with Crippen molar-refractivity contribution in [1.29, 1.82) is 0 Å². The molecule has 0 aromatic heterocycles. The van der Waals surface area contributed by atoms with Crippen LogP contribution in [0.2, 0.25) is 5.02 Å². The highest BCUT2D eigenvalue weighted by molar-refractivity contribution is 6.30. The summed E-state index contributed by atoms with van der Waals surface area (Å²) in [6.07, 6.45) is 2.08. The van der Waals surface area contributed by atoms with E-state index in [9.17, 15) is 14.0 Å². The fourth-order valence-electron chi connectivity index (χ4n) is 3.42. The average molecular weight is 433 g/mol. The van der Waals surface area contributed by atoms with Crippen LogP contribution < -0.4 is 5.32 Å². The van der Waals surface area contributed by atoms with Gasteiger partial charge in [0.2, 0.25) is 11.8 Å². The molecule has 0 aliphatic carbocycles. The molecule has 2 atom stereocenters. The first-order chi connectivity index (χ1) is 14.4. The Morgan fingerprint density at radius 2 is 1.83 bits per heavy atom. The minimum atomic E-state index is -0.684. The van der Waals surface area contributed by atoms with Gasteiger partial charge in [-0.2, -0.15) is 0 Å². The number of halogens is 2. The predicted molar refractivity (Wildman–Crippen MR) is 114 cm³/mol. The minimum Gasteiger partial charge on any atom is -0.376 e. The third-order valence-corrected chi connectivity index (χ3v) is 5.48. The number of rotatable bonds is 8. The van der Waals surface area contributed by atoms with Gasteiger partial charge in [0.15, 0.2) is 0 Å². The van der Waals surface area contributed by atoms with E-state index in [1.54, 1.807) is 43.3 Å². The van der Waals surface area contributed by atoms with Gasteiger partial charge in [-0.25, -0.2) is 4.39 Å². The van der Waals surface area contributed by atoms with E-state index >= 15 is 0 Å². The molecule has 160 valence electrons. The molecule has 3 rings (SSSR count). The van der Waals surface area contributed by atoms with Crippen molar-refractivity contribution in [2.24, 2.45) is 0 Å². The average Bonchev–Trinajstić information content (AvgIpc) is 3.26. The van der Waals surface area contributed by atoms with Crippen molar-refractivity contribution in [3.05, 3.63) is 70.5 Å². The Morgan fingerprint density at radius 1 is 1.17 bits per heavy atom. The van der Waals surface area contributed by atoms with Crippen LogP contribution in [0.3, 0.4) is 0 Å². The van der Waals surface area contributed by atoms with E-state index in [1.165, 1.54) is 17.0 Å². The molecule has 2 aromatic carbocycles. The van der Waals surface area contributed by atoms with Crippen molar-refractivity contribution in [1.82, 2.24) is 10.2 Å². The van der Waals surface area contributed by atoms with E-state index in [4.69, 9.17) is 16.3 Å². The van der Waals surface area contributed by atoms with Crippen molar-refractivity contribution in [2.75, 3.05) is 13.2 Å². The normalized spacial score (nSPS) is 16.8. The lowest BCUT2D eigenvalue weighted by molar-refractivity contribution is -0.140. The van der Waals surface area contributed by atoms with Crippen molar-refractivity contribution in [3.63, 3.8) is 0 Å². The molecule has 1 saturated heterocycles. The number of hydrogen-bond donors (Lipinski definition) is 1. The van der Waals surface area contributed by atoms with Crippen LogP contribution in [-0.4, -0.2) is 42.0 Å². The summed E-state index contributed by atoms with van der Waals surface area (Å²) in [5.41, 5.74) is 1.56. The van der Waals surface area contributed by atoms with Crippen LogP contribution in [0, 0.1) is 5.82 Å². The number of benzene rings is 2. The largest absolute Gasteiger partial charge is 0.376 e. The maximum absolute atomic E-state index is 13.3. The molecule has 0 radical (unpaired) electrons. The second-order valence-corrected chi connectivity index (χ2v) is 7.94. The van der Waals surface area contributed by atoms with Crippen LogP contribution in [-0.2, 0) is 27.3 Å². The van der Waals surface area contributed by atoms with E-state index in [0.717, 1.165) is 24.0 Å². The molecule has 1 heterocycles. The third kappa shape index (κ3) is 6.28. The Balaban J connectivity index is 1.71. The molecule has 0 saturated carbocycles. The number of carbonyl (C=O) groups excluding carboxylic acids is 2. The number of nitrogens with one attached hydrogen (secondary N) is 1. The van der Waals surface area contributed by atoms with Crippen LogP contribution >= 0.6 is 11.6 Å². The summed E-state index contributed by atoms with van der Waals surface area (Å²) < 4.78 is 18.8. The topological polar surface area (TPSA) is 58.6 Å². The Bertz CT molecular complexity index is 852. The number of carbonyl (C=O) groups is 2. The van der Waals surface area contributed by atoms with E-state index in [2.05, 4.69) is 5.32 Å². The van der Waals surface area contributed by atoms with Crippen LogP contribution in [0.4, 0.5) is 4.39 Å². The Kier molecular flexibility index (Phi) is 7.82. The summed E-state index contributed by atoms with van der Waals surface area (Å²) in [5.74, 6) is -0.779. The Hall–Kier alpha value is -2.44. The highest BCUT2D eigenvalue weighted by atomic mass is 35.5. The molecule has 1 aliphatic rings. The fourth-order valence-corrected chi connectivity index (χ4v) is 3.54. The maximum Gasteiger partial charge on any atom is 0.242 e. The van der Waals surface area contributed by atoms with Crippen LogP contribution in [0.15, 0.2) is 48.5 Å². The third-order valence-electron chi connectivity index (χ3n) is 5.23. The van der Waals surface area contributed by atoms with Crippen molar-refractivity contribution in [3.8, 4) is 0 Å². The standard InChI is InChI=1S/C23H26ClFN2O3/c1-16(23(29)26-14-21-3-2-12-30-21)27(15-18-6-10-20(25)11-7-18)22(28)13-17-4-8-19(24)9-5-17/h4-11,16,21H,2-3,12-15H2,1H3,(H,26,29)/t16-,21+/m0/s1. The summed E-state index contributed by atoms with van der Waals surface area (Å²) in [7, 11) is 0. The van der Waals surface area contributed by atoms with Crippen LogP contribution in [0.1, 0.15) is 30.9 Å². The summed E-state index contributed by atoms with van der Waals surface area (Å²) in [4.78, 5) is 27.4. The maximum atomic E-state index is 13.3. The quantitative estimate of drug-likeness (QED) is 0.691. The second-order valence-electron chi connectivity index (χ2n) is 7.51. The zero-order valence-electron chi connectivity index (χ0n) is 16.9. The first-order valence-electron chi connectivity index (χ1n) is 10.1. The fraction of sp³-hybridized carbons (Fsp3) is 0.391. The van der Waals surface area contributed by atoms with Crippen LogP contribution in [0.5, 0.6) is 0 Å². The molecule has 0 unspecified atom stereocenters. The molecule has 0 spiro atoms. The van der Waals surface area contributed by atoms with Crippen LogP contribution in [0.25, 0.3) is 0 Å². The number of amides is 2. The summed E-state index contributed by atoms with van der Waals surface area (Å²) in [6.45, 7) is 3.06. The predicted octanol–water partition coefficient (Wildman–Crippen LogP) is 3.73. The zero-order chi connectivity index (χ0) is 21.5.